The van der Waals surface area contributed by atoms with Crippen LogP contribution in [-0.2, 0) is 24.7 Å². The first kappa shape index (κ1) is 25.9. The monoisotopic (exact) mass is 496 g/mol. The Bertz CT molecular complexity index is 473. The highest BCUT2D eigenvalue weighted by molar-refractivity contribution is 6.92. The van der Waals surface area contributed by atoms with Gasteiger partial charge in [0.15, 0.2) is 18.1 Å². The Kier molecular flexibility index (Phi) is 8.55. The summed E-state index contributed by atoms with van der Waals surface area (Å²) < 4.78 is 75.7. The molecule has 0 aliphatic carbocycles. The molecule has 1 rings (SSSR count). The molecule has 6 nitrogen and oxygen atoms in total. The van der Waals surface area contributed by atoms with Crippen molar-refractivity contribution in [2.75, 3.05) is 0 Å². The quantitative estimate of drug-likeness (QED) is 0.506. The van der Waals surface area contributed by atoms with Crippen molar-refractivity contribution in [3.63, 3.8) is 0 Å². The van der Waals surface area contributed by atoms with Gasteiger partial charge in [-0.2, -0.15) is 13.2 Å². The first-order chi connectivity index (χ1) is 11.9. The second kappa shape index (κ2) is 8.92. The summed E-state index contributed by atoms with van der Waals surface area (Å²) in [6.07, 6.45) is -5.22. The van der Waals surface area contributed by atoms with Gasteiger partial charge in [-0.1, -0.05) is 0 Å². The number of rotatable bonds is 6. The Balaban J connectivity index is 3.22. The van der Waals surface area contributed by atoms with Crippen LogP contribution in [0.5, 0.6) is 0 Å². The summed E-state index contributed by atoms with van der Waals surface area (Å²) in [4.78, 5) is 0. The molecular weight excluding hydrogens is 466 g/mol. The third-order valence-corrected chi connectivity index (χ3v) is 22.9. The van der Waals surface area contributed by atoms with Gasteiger partial charge in [-0.3, -0.25) is 0 Å². The highest BCUT2D eigenvalue weighted by atomic mass is 28.6. The first-order valence-electron chi connectivity index (χ1n) is 8.72. The molecule has 160 valence electrons. The Hall–Kier alpha value is 0.851. The van der Waals surface area contributed by atoms with E-state index < -0.39 is 65.4 Å². The summed E-state index contributed by atoms with van der Waals surface area (Å²) in [6, 6.07) is -0.195. The maximum absolute atomic E-state index is 12.8. The van der Waals surface area contributed by atoms with Crippen LogP contribution < -0.4 is 0 Å². The van der Waals surface area contributed by atoms with Crippen LogP contribution in [-0.4, -0.2) is 59.0 Å². The van der Waals surface area contributed by atoms with Crippen LogP contribution in [0.3, 0.4) is 0 Å². The molecule has 1 aliphatic heterocycles. The molecule has 0 bridgehead atoms. The number of hydrogen-bond donors (Lipinski definition) is 0. The average Bonchev–Trinajstić information content (AvgIpc) is 2.28. The lowest BCUT2D eigenvalue weighted by atomic mass is 10.5. The van der Waals surface area contributed by atoms with E-state index in [2.05, 4.69) is 0 Å². The lowest BCUT2D eigenvalue weighted by Gasteiger charge is -2.48. The molecule has 0 atom stereocenters. The van der Waals surface area contributed by atoms with E-state index in [1.54, 1.807) is 32.7 Å². The highest BCUT2D eigenvalue weighted by Gasteiger charge is 2.60. The van der Waals surface area contributed by atoms with Gasteiger partial charge in [-0.05, 0) is 65.0 Å². The summed E-state index contributed by atoms with van der Waals surface area (Å²) in [7, 11) is -15.0. The summed E-state index contributed by atoms with van der Waals surface area (Å²) >= 11 is 0. The third kappa shape index (κ3) is 9.47. The molecule has 0 spiro atoms. The predicted molar refractivity (Wildman–Crippen MR) is 109 cm³/mol. The van der Waals surface area contributed by atoms with Crippen molar-refractivity contribution >= 4 is 52.8 Å². The van der Waals surface area contributed by atoms with Crippen LogP contribution in [0.1, 0.15) is 6.42 Å². The van der Waals surface area contributed by atoms with Crippen LogP contribution in [0.25, 0.3) is 0 Å². The smallest absolute Gasteiger partial charge is 0.416 e. The summed E-state index contributed by atoms with van der Waals surface area (Å²) in [5.41, 5.74) is 0. The van der Waals surface area contributed by atoms with Gasteiger partial charge in [0.1, 0.15) is 0 Å². The lowest BCUT2D eigenvalue weighted by molar-refractivity contribution is -0.131. The van der Waals surface area contributed by atoms with Crippen LogP contribution in [0.15, 0.2) is 0 Å². The van der Waals surface area contributed by atoms with Gasteiger partial charge < -0.3 is 24.7 Å². The van der Waals surface area contributed by atoms with Gasteiger partial charge in [0.2, 0.25) is 0 Å². The zero-order valence-corrected chi connectivity index (χ0v) is 23.5. The number of hydrogen-bond acceptors (Lipinski definition) is 6. The standard InChI is InChI=1S/C12H31F3O6Si6/c1-22(2)16-27(17-23(3)4)20-24(5,6)18-26(9,11-10-12(13,14)15)19-25(7,8)21-27/h10-11H2,1-9H3. The largest absolute Gasteiger partial charge is 0.640 e. The molecule has 0 N–H and O–H groups in total. The Labute approximate surface area is 168 Å². The molecule has 27 heavy (non-hydrogen) atoms. The topological polar surface area (TPSA) is 55.4 Å². The minimum Gasteiger partial charge on any atom is -0.416 e. The molecule has 0 unspecified atom stereocenters. The van der Waals surface area contributed by atoms with Gasteiger partial charge in [0.25, 0.3) is 0 Å². The molecule has 0 aromatic carbocycles. The minimum atomic E-state index is -4.27. The first-order valence-corrected chi connectivity index (χ1v) is 23.3. The van der Waals surface area contributed by atoms with Gasteiger partial charge in [0.05, 0.1) is 0 Å². The fraction of sp³-hybridized carbons (Fsp3) is 1.00. The molecule has 1 fully saturated rings. The minimum absolute atomic E-state index is 0.195. The van der Waals surface area contributed by atoms with Crippen LogP contribution in [0.2, 0.25) is 65.0 Å². The SMILES string of the molecule is C[Si](C)O[Si]1(O[Si](C)C)O[Si](C)(C)O[Si](C)(CCC(F)(F)F)O[Si](C)(C)O1. The normalized spacial score (nSPS) is 24.7. The van der Waals surface area contributed by atoms with E-state index in [0.717, 1.165) is 0 Å². The molecule has 1 heterocycles. The maximum atomic E-state index is 12.8. The van der Waals surface area contributed by atoms with E-state index in [0.29, 0.717) is 0 Å². The summed E-state index contributed by atoms with van der Waals surface area (Å²) in [5, 5.41) is 0. The Morgan fingerprint density at radius 2 is 1.11 bits per heavy atom. The van der Waals surface area contributed by atoms with Crippen molar-refractivity contribution in [1.82, 2.24) is 0 Å². The molecule has 1 saturated heterocycles. The van der Waals surface area contributed by atoms with Crippen LogP contribution in [0, 0.1) is 0 Å². The van der Waals surface area contributed by atoms with Crippen molar-refractivity contribution in [3.05, 3.63) is 0 Å². The van der Waals surface area contributed by atoms with Crippen LogP contribution in [0.4, 0.5) is 13.2 Å². The van der Waals surface area contributed by atoms with Crippen molar-refractivity contribution in [2.45, 2.75) is 77.6 Å². The maximum Gasteiger partial charge on any atom is 0.640 e. The van der Waals surface area contributed by atoms with Crippen molar-refractivity contribution in [3.8, 4) is 0 Å². The van der Waals surface area contributed by atoms with E-state index >= 15 is 0 Å². The van der Waals surface area contributed by atoms with Crippen molar-refractivity contribution < 1.29 is 37.9 Å². The summed E-state index contributed by atoms with van der Waals surface area (Å²) in [5.74, 6) is 0. The highest BCUT2D eigenvalue weighted by Crippen LogP contribution is 2.36. The Morgan fingerprint density at radius 1 is 0.741 bits per heavy atom. The van der Waals surface area contributed by atoms with E-state index in [4.69, 9.17) is 24.7 Å². The van der Waals surface area contributed by atoms with Crippen molar-refractivity contribution in [2.24, 2.45) is 0 Å². The molecule has 0 saturated carbocycles. The van der Waals surface area contributed by atoms with Gasteiger partial charge >= 0.3 is 40.9 Å². The van der Waals surface area contributed by atoms with Gasteiger partial charge in [-0.25, -0.2) is 0 Å². The molecule has 0 aromatic rings. The molecule has 0 amide bonds. The second-order valence-electron chi connectivity index (χ2n) is 7.98. The van der Waals surface area contributed by atoms with Crippen LogP contribution >= 0.6 is 0 Å². The molecule has 2 radical (unpaired) electrons. The average molecular weight is 497 g/mol. The van der Waals surface area contributed by atoms with E-state index in [-0.39, 0.29) is 6.04 Å². The fourth-order valence-corrected chi connectivity index (χ4v) is 26.4. The van der Waals surface area contributed by atoms with Gasteiger partial charge in [0, 0.05) is 6.42 Å². The van der Waals surface area contributed by atoms with E-state index in [1.807, 2.05) is 26.2 Å². The lowest BCUT2D eigenvalue weighted by Crippen LogP contribution is -2.70. The van der Waals surface area contributed by atoms with E-state index in [1.165, 1.54) is 0 Å². The van der Waals surface area contributed by atoms with E-state index in [9.17, 15) is 13.2 Å². The molecule has 1 aliphatic rings. The third-order valence-electron chi connectivity index (χ3n) is 3.19. The zero-order chi connectivity index (χ0) is 21.3. The number of halogens is 3. The predicted octanol–water partition coefficient (Wildman–Crippen LogP) is 4.47. The molecule has 0 aromatic heterocycles. The second-order valence-corrected chi connectivity index (χ2v) is 25.9. The van der Waals surface area contributed by atoms with Gasteiger partial charge in [-0.15, -0.1) is 0 Å². The molecular formula is C12H31F3O6Si6. The van der Waals surface area contributed by atoms with Crippen molar-refractivity contribution in [1.29, 1.82) is 0 Å². The zero-order valence-electron chi connectivity index (χ0n) is 17.5. The fourth-order valence-electron chi connectivity index (χ4n) is 2.80. The molecule has 15 heteroatoms. The summed E-state index contributed by atoms with van der Waals surface area (Å²) in [6.45, 7) is 16.6. The Morgan fingerprint density at radius 3 is 1.41 bits per heavy atom. The number of alkyl halides is 3.